The first-order valence-electron chi connectivity index (χ1n) is 2.45. The first kappa shape index (κ1) is 37.3. The molecule has 1 radical (unpaired) electrons. The fraction of sp³-hybridized carbons (Fsp3) is 0. The Bertz CT molecular complexity index is 164. The molecule has 18 heavy (non-hydrogen) atoms. The Balaban J connectivity index is -0.0000000257. The summed E-state index contributed by atoms with van der Waals surface area (Å²) in [6.45, 7) is 0. The molecule has 0 aromatic carbocycles. The van der Waals surface area contributed by atoms with Gasteiger partial charge in [-0.15, -0.1) is 0 Å². The van der Waals surface area contributed by atoms with Gasteiger partial charge < -0.3 is 0 Å². The van der Waals surface area contributed by atoms with Crippen LogP contribution < -0.4 is 29.5 Å². The molecule has 0 saturated carbocycles. The molecule has 0 rings (SSSR count). The number of hydrogen-bond donors (Lipinski definition) is 0. The molecular weight excluding hydrogens is 622 g/mol. The minimum atomic E-state index is -4.08. The predicted molar refractivity (Wildman–Crippen MR) is 2.75 cm³/mol. The van der Waals surface area contributed by atoms with E-state index in [1.54, 1.807) is 0 Å². The van der Waals surface area contributed by atoms with Crippen LogP contribution in [0.5, 0.6) is 0 Å². The molecule has 0 aromatic heterocycles. The van der Waals surface area contributed by atoms with Crippen LogP contribution in [-0.4, -0.2) is 0 Å². The molecule has 0 aliphatic carbocycles. The van der Waals surface area contributed by atoms with Crippen molar-refractivity contribution in [3.8, 4) is 0 Å². The Morgan fingerprint density at radius 3 is 0.444 bits per heavy atom. The molecule has 0 aliphatic heterocycles. The van der Waals surface area contributed by atoms with Gasteiger partial charge in [0.2, 0.25) is 0 Å². The first-order valence-corrected chi connectivity index (χ1v) is 10.1. The smallest absolute Gasteiger partial charge is 6.00 e. The molecule has 0 saturated heterocycles. The topological polar surface area (TPSA) is 253 Å². The zero-order valence-electron chi connectivity index (χ0n) is 7.69. The molecule has 0 heterocycles. The second kappa shape index (κ2) is 32.1. The Morgan fingerprint density at radius 2 is 0.444 bits per heavy atom. The second-order valence-electron chi connectivity index (χ2n) is 1.00. The fourth-order valence-corrected chi connectivity index (χ4v) is 0. The van der Waals surface area contributed by atoms with Gasteiger partial charge in [0.1, 0.15) is 0 Å². The SMILES string of the molecule is [Mn+2].[O]=[Ti]([O-])[O-].[O]=[Ti]([O-])[O-].[O]=[Ti]([O-])[O-].[O]=[Ti]([O-])[O-].[W+6]. The van der Waals surface area contributed by atoms with E-state index >= 15 is 0 Å². The van der Waals surface area contributed by atoms with Gasteiger partial charge in [-0.3, -0.25) is 0 Å². The summed E-state index contributed by atoms with van der Waals surface area (Å²) in [7, 11) is 0. The van der Waals surface area contributed by atoms with E-state index in [0.717, 1.165) is 0 Å². The van der Waals surface area contributed by atoms with E-state index in [4.69, 9.17) is 42.8 Å². The van der Waals surface area contributed by atoms with E-state index in [1.165, 1.54) is 0 Å². The van der Waals surface area contributed by atoms with Gasteiger partial charge in [0, 0.05) is 0 Å². The Hall–Kier alpha value is 2.94. The van der Waals surface area contributed by atoms with Crippen molar-refractivity contribution in [1.29, 1.82) is 0 Å². The summed E-state index contributed by atoms with van der Waals surface area (Å²) in [6.07, 6.45) is 0. The first-order chi connectivity index (χ1) is 6.93. The van der Waals surface area contributed by atoms with Gasteiger partial charge in [0.05, 0.1) is 0 Å². The van der Waals surface area contributed by atoms with Crippen LogP contribution in [0.1, 0.15) is 0 Å². The van der Waals surface area contributed by atoms with E-state index in [1.807, 2.05) is 0 Å². The van der Waals surface area contributed by atoms with Crippen molar-refractivity contribution in [3.05, 3.63) is 0 Å². The summed E-state index contributed by atoms with van der Waals surface area (Å²) in [4.78, 5) is 0. The summed E-state index contributed by atoms with van der Waals surface area (Å²) in [5.74, 6) is 0. The van der Waals surface area contributed by atoms with Crippen molar-refractivity contribution in [2.45, 2.75) is 0 Å². The molecule has 0 spiro atoms. The van der Waals surface area contributed by atoms with Crippen LogP contribution in [0.4, 0.5) is 0 Å². The zero-order valence-corrected chi connectivity index (χ0v) is 18.0. The van der Waals surface area contributed by atoms with Crippen LogP contribution in [0.3, 0.4) is 0 Å². The summed E-state index contributed by atoms with van der Waals surface area (Å²) in [5.41, 5.74) is 0. The third kappa shape index (κ3) is 703. The van der Waals surface area contributed by atoms with Crippen LogP contribution in [-0.2, 0) is 126 Å². The van der Waals surface area contributed by atoms with Crippen LogP contribution in [0, 0.1) is 0 Å². The average molecular weight is 622 g/mol. The molecule has 0 aliphatic rings. The average Bonchev–Trinajstić information content (AvgIpc) is 1.76. The summed E-state index contributed by atoms with van der Waals surface area (Å²) < 4.78 is 103. The van der Waals surface area contributed by atoms with Crippen molar-refractivity contribution >= 4 is 0 Å². The van der Waals surface area contributed by atoms with Gasteiger partial charge in [-0.25, -0.2) is 0 Å². The largest absolute Gasteiger partial charge is 6.00 e. The molecule has 0 bridgehead atoms. The van der Waals surface area contributed by atoms with Crippen molar-refractivity contribution in [2.24, 2.45) is 0 Å². The summed E-state index contributed by atoms with van der Waals surface area (Å²) in [5, 5.41) is 0. The molecule has 0 aromatic rings. The van der Waals surface area contributed by atoms with Gasteiger partial charge >= 0.3 is 155 Å². The molecule has 101 valence electrons. The Morgan fingerprint density at radius 1 is 0.444 bits per heavy atom. The third-order valence-corrected chi connectivity index (χ3v) is 0. The molecule has 12 nitrogen and oxygen atoms in total. The Kier molecular flexibility index (Phi) is 66.4. The van der Waals surface area contributed by atoms with Crippen molar-refractivity contribution in [1.82, 2.24) is 0 Å². The van der Waals surface area contributed by atoms with Crippen LogP contribution in [0.2, 0.25) is 0 Å². The minimum Gasteiger partial charge on any atom is 6.00 e. The molecule has 18 heteroatoms. The van der Waals surface area contributed by atoms with Gasteiger partial charge in [-0.05, 0) is 0 Å². The minimum absolute atomic E-state index is 0. The van der Waals surface area contributed by atoms with Crippen molar-refractivity contribution in [2.75, 3.05) is 0 Å². The molecule has 0 atom stereocenters. The van der Waals surface area contributed by atoms with Gasteiger partial charge in [-0.2, -0.15) is 0 Å². The monoisotopic (exact) mass is 623 g/mol. The molecule has 0 fully saturated rings. The third-order valence-electron chi connectivity index (χ3n) is 0. The maximum absolute atomic E-state index is 8.58. The van der Waals surface area contributed by atoms with Gasteiger partial charge in [0.25, 0.3) is 0 Å². The van der Waals surface area contributed by atoms with Crippen molar-refractivity contribution in [3.63, 3.8) is 0 Å². The normalized spacial score (nSPS) is 5.78. The van der Waals surface area contributed by atoms with Crippen LogP contribution >= 0.6 is 0 Å². The Labute approximate surface area is 153 Å². The quantitative estimate of drug-likeness (QED) is 0.228. The summed E-state index contributed by atoms with van der Waals surface area (Å²) >= 11 is -16.3. The number of hydrogen-bond acceptors (Lipinski definition) is 12. The molecule has 0 unspecified atom stereocenters. The van der Waals surface area contributed by atoms with E-state index in [0.29, 0.717) is 0 Å². The van der Waals surface area contributed by atoms with E-state index in [-0.39, 0.29) is 38.1 Å². The maximum atomic E-state index is 8.58. The maximum Gasteiger partial charge on any atom is 6.00 e. The molecule has 0 N–H and O–H groups in total. The van der Waals surface area contributed by atoms with E-state index < -0.39 is 74.5 Å². The van der Waals surface area contributed by atoms with Crippen molar-refractivity contribution < 1.29 is 155 Å². The predicted octanol–water partition coefficient (Wildman–Crippen LogP) is -10.0. The standard InChI is InChI=1S/Mn.12O.4Ti.W/q+2;;;;;8*-1;;;;;+6. The fourth-order valence-electron chi connectivity index (χ4n) is 0. The second-order valence-corrected chi connectivity index (χ2v) is 4.12. The molecule has 0 amide bonds. The van der Waals surface area contributed by atoms with Gasteiger partial charge in [-0.1, -0.05) is 0 Å². The summed E-state index contributed by atoms with van der Waals surface area (Å²) in [6, 6.07) is 0. The van der Waals surface area contributed by atoms with E-state index in [2.05, 4.69) is 0 Å². The number of rotatable bonds is 0. The molecular formula is MnO12Ti4W. The van der Waals surface area contributed by atoms with E-state index in [9.17, 15) is 0 Å². The van der Waals surface area contributed by atoms with Gasteiger partial charge in [0.15, 0.2) is 0 Å². The van der Waals surface area contributed by atoms with Crippen LogP contribution in [0.15, 0.2) is 0 Å². The zero-order chi connectivity index (χ0) is 14.3. The van der Waals surface area contributed by atoms with Crippen LogP contribution in [0.25, 0.3) is 0 Å².